The lowest BCUT2D eigenvalue weighted by molar-refractivity contribution is 0.0658. The minimum Gasteiger partial charge on any atom is -0.491 e. The number of carboxylic acid groups (broad SMARTS) is 1. The van der Waals surface area contributed by atoms with Gasteiger partial charge in [0.25, 0.3) is 5.91 Å². The number of hydrogen-bond donors (Lipinski definition) is 2. The fourth-order valence-corrected chi connectivity index (χ4v) is 3.38. The summed E-state index contributed by atoms with van der Waals surface area (Å²) in [7, 11) is 1.23. The summed E-state index contributed by atoms with van der Waals surface area (Å²) >= 11 is 0. The highest BCUT2D eigenvalue weighted by molar-refractivity contribution is 5.98. The highest BCUT2D eigenvalue weighted by atomic mass is 16.5. The average Bonchev–Trinajstić information content (AvgIpc) is 2.78. The van der Waals surface area contributed by atoms with Gasteiger partial charge in [0.15, 0.2) is 11.4 Å². The molecule has 0 saturated carbocycles. The van der Waals surface area contributed by atoms with E-state index < -0.39 is 23.1 Å². The molecule has 0 radical (unpaired) electrons. The lowest BCUT2D eigenvalue weighted by Gasteiger charge is -2.34. The van der Waals surface area contributed by atoms with Gasteiger partial charge in [-0.1, -0.05) is 0 Å². The Labute approximate surface area is 125 Å². The predicted octanol–water partition coefficient (Wildman–Crippen LogP) is 0.00900. The van der Waals surface area contributed by atoms with Crippen LogP contribution in [0.3, 0.4) is 0 Å². The molecule has 1 amide bonds. The molecule has 0 fully saturated rings. The molecular weight excluding hydrogens is 292 g/mol. The van der Waals surface area contributed by atoms with E-state index in [4.69, 9.17) is 4.74 Å². The summed E-state index contributed by atoms with van der Waals surface area (Å²) in [5.74, 6) is -2.10. The number of ether oxygens (including phenoxy) is 1. The molecule has 0 spiro atoms. The fraction of sp³-hybridized carbons (Fsp3) is 0.500. The van der Waals surface area contributed by atoms with Crippen molar-refractivity contribution in [2.24, 2.45) is 0 Å². The number of carbonyl (C=O) groups is 2. The van der Waals surface area contributed by atoms with Gasteiger partial charge in [-0.25, -0.2) is 4.79 Å². The topological polar surface area (TPSA) is 109 Å². The summed E-state index contributed by atoms with van der Waals surface area (Å²) < 4.78 is 6.51. The molecule has 3 rings (SSSR count). The van der Waals surface area contributed by atoms with Crippen LogP contribution in [0.5, 0.6) is 5.75 Å². The highest BCUT2D eigenvalue weighted by Crippen LogP contribution is 2.42. The van der Waals surface area contributed by atoms with E-state index in [-0.39, 0.29) is 35.5 Å². The van der Waals surface area contributed by atoms with Crippen molar-refractivity contribution < 1.29 is 24.5 Å². The molecular formula is C14H16N2O6. The van der Waals surface area contributed by atoms with Crippen molar-refractivity contribution in [2.45, 2.75) is 25.5 Å². The number of carbonyl (C=O) groups excluding carboxylic acids is 1. The van der Waals surface area contributed by atoms with Crippen LogP contribution in [0.1, 0.15) is 52.0 Å². The van der Waals surface area contributed by atoms with E-state index in [1.54, 1.807) is 4.90 Å². The van der Waals surface area contributed by atoms with Gasteiger partial charge in [-0.05, 0) is 6.92 Å². The van der Waals surface area contributed by atoms with Gasteiger partial charge in [-0.2, -0.15) is 0 Å². The van der Waals surface area contributed by atoms with Crippen molar-refractivity contribution in [1.29, 1.82) is 0 Å². The summed E-state index contributed by atoms with van der Waals surface area (Å²) in [5, 5.41) is 19.5. The summed E-state index contributed by atoms with van der Waals surface area (Å²) in [6.07, 6.45) is -0.818. The molecule has 3 heterocycles. The normalized spacial score (nSPS) is 22.7. The Morgan fingerprint density at radius 2 is 2.09 bits per heavy atom. The lowest BCUT2D eigenvalue weighted by Crippen LogP contribution is -2.44. The zero-order chi connectivity index (χ0) is 16.2. The maximum Gasteiger partial charge on any atom is 0.341 e. The van der Waals surface area contributed by atoms with Gasteiger partial charge in [0.1, 0.15) is 5.56 Å². The molecule has 0 aliphatic carbocycles. The smallest absolute Gasteiger partial charge is 0.341 e. The minimum absolute atomic E-state index is 0.00223. The molecule has 8 nitrogen and oxygen atoms in total. The molecule has 1 unspecified atom stereocenters. The van der Waals surface area contributed by atoms with E-state index >= 15 is 0 Å². The third-order valence-corrected chi connectivity index (χ3v) is 4.30. The summed E-state index contributed by atoms with van der Waals surface area (Å²) in [6, 6.07) is -0.259. The molecule has 0 aromatic carbocycles. The van der Waals surface area contributed by atoms with E-state index in [2.05, 4.69) is 0 Å². The standard InChI is InChI=1S/C14H16N2O6/c1-3-15-5-6-4-7(17)9-8(14(20)21)11(18)12(22-2)10(13(15)19)16(6)9/h6-7,17H,3-5H2,1-2H3,(H,20,21)/t6-,7?/m1/s1. The Bertz CT molecular complexity index is 738. The Kier molecular flexibility index (Phi) is 3.21. The first kappa shape index (κ1) is 14.6. The molecule has 1 aromatic rings. The molecule has 2 aliphatic rings. The van der Waals surface area contributed by atoms with Crippen LogP contribution in [0.25, 0.3) is 0 Å². The van der Waals surface area contributed by atoms with Crippen molar-refractivity contribution in [3.05, 3.63) is 27.2 Å². The van der Waals surface area contributed by atoms with E-state index in [9.17, 15) is 24.6 Å². The largest absolute Gasteiger partial charge is 0.491 e. The van der Waals surface area contributed by atoms with Gasteiger partial charge < -0.3 is 24.4 Å². The first-order valence-corrected chi connectivity index (χ1v) is 6.99. The monoisotopic (exact) mass is 308 g/mol. The zero-order valence-corrected chi connectivity index (χ0v) is 12.2. The van der Waals surface area contributed by atoms with Crippen molar-refractivity contribution >= 4 is 11.9 Å². The molecule has 0 saturated heterocycles. The van der Waals surface area contributed by atoms with Crippen LogP contribution in [0.15, 0.2) is 4.79 Å². The van der Waals surface area contributed by atoms with Gasteiger partial charge >= 0.3 is 5.97 Å². The number of methoxy groups -OCH3 is 1. The van der Waals surface area contributed by atoms with Gasteiger partial charge in [-0.15, -0.1) is 0 Å². The first-order chi connectivity index (χ1) is 10.4. The van der Waals surface area contributed by atoms with Gasteiger partial charge in [0.2, 0.25) is 5.43 Å². The van der Waals surface area contributed by atoms with Crippen LogP contribution in [-0.2, 0) is 0 Å². The number of nitrogens with zero attached hydrogens (tertiary/aromatic N) is 2. The van der Waals surface area contributed by atoms with Crippen LogP contribution < -0.4 is 10.2 Å². The van der Waals surface area contributed by atoms with Gasteiger partial charge in [-0.3, -0.25) is 9.59 Å². The third kappa shape index (κ3) is 1.70. The van der Waals surface area contributed by atoms with Crippen molar-refractivity contribution in [3.8, 4) is 5.75 Å². The first-order valence-electron chi connectivity index (χ1n) is 6.99. The SMILES string of the molecule is CCN1C[C@H]2CC(O)c3c(C(=O)O)c(=O)c(OC)c(n32)C1=O. The lowest BCUT2D eigenvalue weighted by atomic mass is 10.1. The van der Waals surface area contributed by atoms with Crippen LogP contribution >= 0.6 is 0 Å². The maximum atomic E-state index is 12.6. The summed E-state index contributed by atoms with van der Waals surface area (Å²) in [4.78, 5) is 38.0. The predicted molar refractivity (Wildman–Crippen MR) is 74.4 cm³/mol. The van der Waals surface area contributed by atoms with Crippen LogP contribution in [0.2, 0.25) is 0 Å². The van der Waals surface area contributed by atoms with Gasteiger partial charge in [0.05, 0.1) is 24.9 Å². The number of likely N-dealkylation sites (N-methyl/N-ethyl adjacent to an activating group) is 1. The zero-order valence-electron chi connectivity index (χ0n) is 12.2. The number of amides is 1. The van der Waals surface area contributed by atoms with E-state index in [0.717, 1.165) is 0 Å². The molecule has 118 valence electrons. The van der Waals surface area contributed by atoms with Gasteiger partial charge in [0, 0.05) is 19.5 Å². The number of aliphatic hydroxyl groups excluding tert-OH is 1. The molecule has 2 atom stereocenters. The van der Waals surface area contributed by atoms with Crippen LogP contribution in [0, 0.1) is 0 Å². The van der Waals surface area contributed by atoms with Crippen LogP contribution in [0.4, 0.5) is 0 Å². The number of aliphatic hydroxyl groups is 1. The fourth-order valence-electron chi connectivity index (χ4n) is 3.38. The molecule has 22 heavy (non-hydrogen) atoms. The number of hydrogen-bond acceptors (Lipinski definition) is 5. The second-order valence-electron chi connectivity index (χ2n) is 5.40. The third-order valence-electron chi connectivity index (χ3n) is 4.30. The second-order valence-corrected chi connectivity index (χ2v) is 5.40. The minimum atomic E-state index is -1.43. The number of carboxylic acids is 1. The van der Waals surface area contributed by atoms with E-state index in [1.807, 2.05) is 6.92 Å². The molecule has 2 aliphatic heterocycles. The number of aromatic carboxylic acids is 1. The molecule has 2 N–H and O–H groups in total. The molecule has 8 heteroatoms. The van der Waals surface area contributed by atoms with Crippen molar-refractivity contribution in [2.75, 3.05) is 20.2 Å². The summed E-state index contributed by atoms with van der Waals surface area (Å²) in [6.45, 7) is 2.65. The van der Waals surface area contributed by atoms with Crippen molar-refractivity contribution in [3.63, 3.8) is 0 Å². The quantitative estimate of drug-likeness (QED) is 0.814. The second kappa shape index (κ2) is 4.84. The van der Waals surface area contributed by atoms with E-state index in [0.29, 0.717) is 13.1 Å². The average molecular weight is 308 g/mol. The van der Waals surface area contributed by atoms with Crippen molar-refractivity contribution in [1.82, 2.24) is 9.47 Å². The Hall–Kier alpha value is -2.35. The molecule has 1 aromatic heterocycles. The van der Waals surface area contributed by atoms with Crippen LogP contribution in [-0.4, -0.2) is 51.8 Å². The number of pyridine rings is 1. The highest BCUT2D eigenvalue weighted by Gasteiger charge is 2.44. The maximum absolute atomic E-state index is 12.6. The summed E-state index contributed by atoms with van der Waals surface area (Å²) in [5.41, 5.74) is -1.36. The number of aromatic nitrogens is 1. The Morgan fingerprint density at radius 3 is 2.64 bits per heavy atom. The Balaban J connectivity index is 2.42. The molecule has 0 bridgehead atoms. The number of rotatable bonds is 3. The van der Waals surface area contributed by atoms with E-state index in [1.165, 1.54) is 11.7 Å². The Morgan fingerprint density at radius 1 is 1.41 bits per heavy atom.